The monoisotopic (exact) mass is 422 g/mol. The summed E-state index contributed by atoms with van der Waals surface area (Å²) in [5.41, 5.74) is -0.279. The lowest BCUT2D eigenvalue weighted by molar-refractivity contribution is -0.137. The number of ether oxygens (including phenoxy) is 2. The smallest absolute Gasteiger partial charge is 0.417 e. The van der Waals surface area contributed by atoms with Gasteiger partial charge in [0.15, 0.2) is 11.5 Å². The van der Waals surface area contributed by atoms with Gasteiger partial charge >= 0.3 is 12.8 Å². The Morgan fingerprint density at radius 2 is 1.96 bits per heavy atom. The van der Waals surface area contributed by atoms with Crippen molar-refractivity contribution in [3.63, 3.8) is 0 Å². The van der Waals surface area contributed by atoms with Crippen LogP contribution in [0, 0.1) is 0 Å². The second kappa shape index (κ2) is 9.58. The van der Waals surface area contributed by atoms with Crippen LogP contribution in [0.1, 0.15) is 11.1 Å². The molecule has 1 aromatic carbocycles. The van der Waals surface area contributed by atoms with Gasteiger partial charge in [0, 0.05) is 12.7 Å². The van der Waals surface area contributed by atoms with Gasteiger partial charge in [-0.15, -0.1) is 0 Å². The zero-order valence-corrected chi connectivity index (χ0v) is 15.2. The summed E-state index contributed by atoms with van der Waals surface area (Å²) in [6.07, 6.45) is -3.76. The van der Waals surface area contributed by atoms with Gasteiger partial charge in [-0.05, 0) is 29.8 Å². The molecule has 0 saturated carbocycles. The average molecular weight is 422 g/mol. The molecule has 1 aromatic heterocycles. The van der Waals surface area contributed by atoms with Crippen molar-refractivity contribution in [2.24, 2.45) is 0 Å². The molecule has 0 fully saturated rings. The number of nitrogens with zero attached hydrogens (tertiary/aromatic N) is 1. The molecular weight excluding hydrogens is 407 g/mol. The molecule has 1 heterocycles. The van der Waals surface area contributed by atoms with Gasteiger partial charge in [-0.3, -0.25) is 4.79 Å². The zero-order valence-electron chi connectivity index (χ0n) is 14.4. The molecule has 5 nitrogen and oxygen atoms in total. The molecule has 0 atom stereocenters. The minimum atomic E-state index is -4.47. The number of pyridine rings is 1. The lowest BCUT2D eigenvalue weighted by Crippen LogP contribution is -2.24. The maximum Gasteiger partial charge on any atom is 0.417 e. The van der Waals surface area contributed by atoms with Gasteiger partial charge in [0.05, 0.1) is 23.5 Å². The highest BCUT2D eigenvalue weighted by molar-refractivity contribution is 7.99. The second-order valence-electron chi connectivity index (χ2n) is 5.31. The van der Waals surface area contributed by atoms with Crippen molar-refractivity contribution in [3.05, 3.63) is 47.7 Å². The Morgan fingerprint density at radius 1 is 1.21 bits per heavy atom. The Kier molecular flexibility index (Phi) is 7.44. The topological polar surface area (TPSA) is 60.5 Å². The summed E-state index contributed by atoms with van der Waals surface area (Å²) in [5.74, 6) is -0.465. The third-order valence-corrected chi connectivity index (χ3v) is 4.29. The van der Waals surface area contributed by atoms with Crippen molar-refractivity contribution >= 4 is 17.7 Å². The quantitative estimate of drug-likeness (QED) is 0.512. The molecule has 0 saturated heterocycles. The van der Waals surface area contributed by atoms with E-state index in [0.29, 0.717) is 11.8 Å². The maximum absolute atomic E-state index is 12.5. The first kappa shape index (κ1) is 21.7. The molecule has 0 radical (unpaired) electrons. The van der Waals surface area contributed by atoms with Crippen LogP contribution in [0.3, 0.4) is 0 Å². The van der Waals surface area contributed by atoms with Crippen LogP contribution in [0.5, 0.6) is 11.5 Å². The van der Waals surface area contributed by atoms with Gasteiger partial charge in [0.25, 0.3) is 0 Å². The third kappa shape index (κ3) is 6.55. The van der Waals surface area contributed by atoms with E-state index >= 15 is 0 Å². The minimum absolute atomic E-state index is 0.0535. The Hall–Kier alpha value is -2.56. The first-order valence-corrected chi connectivity index (χ1v) is 8.72. The summed E-state index contributed by atoms with van der Waals surface area (Å²) < 4.78 is 71.3. The number of halogens is 5. The van der Waals surface area contributed by atoms with E-state index in [2.05, 4.69) is 15.0 Å². The Morgan fingerprint density at radius 3 is 2.54 bits per heavy atom. The highest BCUT2D eigenvalue weighted by atomic mass is 32.2. The fourth-order valence-electron chi connectivity index (χ4n) is 2.04. The third-order valence-electron chi connectivity index (χ3n) is 3.35. The number of carbonyl (C=O) groups excluding carboxylic acids is 1. The number of carbonyl (C=O) groups is 1. The molecule has 0 aliphatic heterocycles. The number of aromatic nitrogens is 1. The molecule has 0 aliphatic rings. The van der Waals surface area contributed by atoms with E-state index in [9.17, 15) is 26.7 Å². The number of rotatable bonds is 8. The Labute approximate surface area is 161 Å². The molecular formula is C17H15F5N2O3S. The molecule has 11 heteroatoms. The lowest BCUT2D eigenvalue weighted by Gasteiger charge is -2.12. The molecule has 28 heavy (non-hydrogen) atoms. The number of amides is 1. The van der Waals surface area contributed by atoms with Crippen molar-refractivity contribution in [1.29, 1.82) is 0 Å². The standard InChI is InChI=1S/C17H15F5N2O3S/c1-26-13-6-10(2-4-12(13)27-16(18)19)7-23-14(25)9-28-15-5-3-11(8-24-15)17(20,21)22/h2-6,8,16H,7,9H2,1H3,(H,23,25). The lowest BCUT2D eigenvalue weighted by atomic mass is 10.2. The van der Waals surface area contributed by atoms with Crippen LogP contribution in [0.2, 0.25) is 0 Å². The number of alkyl halides is 5. The van der Waals surface area contributed by atoms with Crippen LogP contribution in [-0.4, -0.2) is 30.4 Å². The SMILES string of the molecule is COc1cc(CNC(=O)CSc2ccc(C(F)(F)F)cn2)ccc1OC(F)F. The Bertz CT molecular complexity index is 800. The van der Waals surface area contributed by atoms with Crippen molar-refractivity contribution < 1.29 is 36.2 Å². The molecule has 1 amide bonds. The molecule has 1 N–H and O–H groups in total. The summed E-state index contributed by atoms with van der Waals surface area (Å²) in [7, 11) is 1.30. The summed E-state index contributed by atoms with van der Waals surface area (Å²) in [6.45, 7) is -2.89. The molecule has 152 valence electrons. The van der Waals surface area contributed by atoms with E-state index in [-0.39, 0.29) is 34.7 Å². The van der Waals surface area contributed by atoms with Gasteiger partial charge in [-0.1, -0.05) is 17.8 Å². The minimum Gasteiger partial charge on any atom is -0.493 e. The van der Waals surface area contributed by atoms with Crippen molar-refractivity contribution in [3.8, 4) is 11.5 Å². The summed E-state index contributed by atoms with van der Waals surface area (Å²) >= 11 is 0.981. The van der Waals surface area contributed by atoms with Gasteiger partial charge in [0.2, 0.25) is 5.91 Å². The molecule has 0 bridgehead atoms. The number of nitrogens with one attached hydrogen (secondary N) is 1. The first-order chi connectivity index (χ1) is 13.2. The highest BCUT2D eigenvalue weighted by Gasteiger charge is 2.30. The van der Waals surface area contributed by atoms with E-state index in [4.69, 9.17) is 4.74 Å². The second-order valence-corrected chi connectivity index (χ2v) is 6.31. The number of hydrogen-bond donors (Lipinski definition) is 1. The molecule has 0 aliphatic carbocycles. The van der Waals surface area contributed by atoms with E-state index < -0.39 is 18.4 Å². The van der Waals surface area contributed by atoms with Gasteiger partial charge in [0.1, 0.15) is 0 Å². The van der Waals surface area contributed by atoms with Crippen LogP contribution in [0.15, 0.2) is 41.6 Å². The number of methoxy groups -OCH3 is 1. The first-order valence-electron chi connectivity index (χ1n) is 7.73. The van der Waals surface area contributed by atoms with Crippen LogP contribution in [0.4, 0.5) is 22.0 Å². The van der Waals surface area contributed by atoms with Crippen LogP contribution in [0.25, 0.3) is 0 Å². The summed E-state index contributed by atoms with van der Waals surface area (Å²) in [6, 6.07) is 6.32. The Balaban J connectivity index is 1.85. The maximum atomic E-state index is 12.5. The van der Waals surface area contributed by atoms with Crippen molar-refractivity contribution in [1.82, 2.24) is 10.3 Å². The predicted molar refractivity (Wildman–Crippen MR) is 91.4 cm³/mol. The predicted octanol–water partition coefficient (Wildman–Crippen LogP) is 4.12. The van der Waals surface area contributed by atoms with Gasteiger partial charge in [-0.25, -0.2) is 4.98 Å². The molecule has 0 spiro atoms. The fourth-order valence-corrected chi connectivity index (χ4v) is 2.71. The average Bonchev–Trinajstić information content (AvgIpc) is 2.64. The number of benzene rings is 1. The largest absolute Gasteiger partial charge is 0.493 e. The summed E-state index contributed by atoms with van der Waals surface area (Å²) in [5, 5.41) is 2.88. The van der Waals surface area contributed by atoms with Crippen molar-refractivity contribution in [2.45, 2.75) is 24.4 Å². The van der Waals surface area contributed by atoms with E-state index in [0.717, 1.165) is 17.8 Å². The number of thioether (sulfide) groups is 1. The van der Waals surface area contributed by atoms with Crippen molar-refractivity contribution in [2.75, 3.05) is 12.9 Å². The highest BCUT2D eigenvalue weighted by Crippen LogP contribution is 2.30. The molecule has 2 rings (SSSR count). The molecule has 2 aromatic rings. The van der Waals surface area contributed by atoms with E-state index in [1.54, 1.807) is 0 Å². The summed E-state index contributed by atoms with van der Waals surface area (Å²) in [4.78, 5) is 15.6. The zero-order chi connectivity index (χ0) is 20.7. The fraction of sp³-hybridized carbons (Fsp3) is 0.294. The van der Waals surface area contributed by atoms with E-state index in [1.807, 2.05) is 0 Å². The van der Waals surface area contributed by atoms with Gasteiger partial charge < -0.3 is 14.8 Å². The van der Waals surface area contributed by atoms with Crippen LogP contribution in [-0.2, 0) is 17.5 Å². The van der Waals surface area contributed by atoms with Crippen LogP contribution >= 0.6 is 11.8 Å². The van der Waals surface area contributed by atoms with Crippen LogP contribution < -0.4 is 14.8 Å². The normalized spacial score (nSPS) is 11.4. The molecule has 0 unspecified atom stereocenters. The van der Waals surface area contributed by atoms with E-state index in [1.165, 1.54) is 31.4 Å². The van der Waals surface area contributed by atoms with Gasteiger partial charge in [-0.2, -0.15) is 22.0 Å². The number of hydrogen-bond acceptors (Lipinski definition) is 5.